The molecule has 1 heterocycles. The molecule has 0 amide bonds. The van der Waals surface area contributed by atoms with E-state index < -0.39 is 17.3 Å². The summed E-state index contributed by atoms with van der Waals surface area (Å²) >= 11 is 0. The van der Waals surface area contributed by atoms with E-state index in [1.165, 1.54) is 0 Å². The van der Waals surface area contributed by atoms with Crippen LogP contribution in [0.25, 0.3) is 0 Å². The monoisotopic (exact) mass is 353 g/mol. The van der Waals surface area contributed by atoms with Crippen molar-refractivity contribution in [1.82, 2.24) is 0 Å². The van der Waals surface area contributed by atoms with Crippen LogP contribution in [0.15, 0.2) is 60.7 Å². The molecule has 0 aromatic heterocycles. The van der Waals surface area contributed by atoms with E-state index in [1.54, 1.807) is 0 Å². The van der Waals surface area contributed by atoms with Crippen LogP contribution in [0.5, 0.6) is 0 Å². The molecule has 0 aliphatic carbocycles. The maximum atomic E-state index is 14.1. The number of rotatable bonds is 6. The molecule has 3 rings (SSSR count). The minimum Gasteiger partial charge on any atom is -0.348 e. The standard InChI is InChI=1S/C23H28O3/c1-5-22(18-13-9-7-10-14-18)20(24)23(6-2,19-15-11-8-12-16-19)26-21(22)25-17(3)4/h7-17,21H,5-6H2,1-4H3/t21?,22-,23+/m0/s1/i21D. The Morgan fingerprint density at radius 3 is 2.00 bits per heavy atom. The van der Waals surface area contributed by atoms with E-state index in [2.05, 4.69) is 0 Å². The van der Waals surface area contributed by atoms with Gasteiger partial charge >= 0.3 is 0 Å². The predicted octanol–water partition coefficient (Wildman–Crippen LogP) is 4.99. The minimum absolute atomic E-state index is 0.104. The zero-order chi connectivity index (χ0) is 19.7. The fourth-order valence-corrected chi connectivity index (χ4v) is 3.88. The van der Waals surface area contributed by atoms with Crippen molar-refractivity contribution >= 4 is 5.78 Å². The third-order valence-electron chi connectivity index (χ3n) is 5.25. The van der Waals surface area contributed by atoms with Crippen molar-refractivity contribution in [3.63, 3.8) is 0 Å². The largest absolute Gasteiger partial charge is 0.348 e. The second kappa shape index (κ2) is 7.34. The molecular weight excluding hydrogens is 324 g/mol. The molecule has 0 spiro atoms. The van der Waals surface area contributed by atoms with E-state index in [9.17, 15) is 6.17 Å². The summed E-state index contributed by atoms with van der Waals surface area (Å²) < 4.78 is 21.6. The number of ether oxygens (including phenoxy) is 2. The third-order valence-corrected chi connectivity index (χ3v) is 5.25. The van der Waals surface area contributed by atoms with Gasteiger partial charge in [0.1, 0.15) is 5.41 Å². The summed E-state index contributed by atoms with van der Waals surface area (Å²) in [6, 6.07) is 19.0. The second-order valence-electron chi connectivity index (χ2n) is 7.06. The highest BCUT2D eigenvalue weighted by molar-refractivity contribution is 6.00. The first-order valence-corrected chi connectivity index (χ1v) is 9.40. The molecule has 138 valence electrons. The van der Waals surface area contributed by atoms with Crippen molar-refractivity contribution in [2.75, 3.05) is 0 Å². The fourth-order valence-electron chi connectivity index (χ4n) is 3.88. The van der Waals surface area contributed by atoms with Crippen molar-refractivity contribution in [2.24, 2.45) is 0 Å². The van der Waals surface area contributed by atoms with Gasteiger partial charge in [-0.15, -0.1) is 0 Å². The molecule has 1 fully saturated rings. The zero-order valence-corrected chi connectivity index (χ0v) is 16.0. The van der Waals surface area contributed by atoms with E-state index in [0.717, 1.165) is 11.1 Å². The second-order valence-corrected chi connectivity index (χ2v) is 7.06. The first-order valence-electron chi connectivity index (χ1n) is 9.90. The van der Waals surface area contributed by atoms with Crippen molar-refractivity contribution in [1.29, 1.82) is 0 Å². The summed E-state index contributed by atoms with van der Waals surface area (Å²) in [6.07, 6.45) is -1.21. The molecule has 0 radical (unpaired) electrons. The summed E-state index contributed by atoms with van der Waals surface area (Å²) in [5.74, 6) is -0.104. The lowest BCUT2D eigenvalue weighted by Crippen LogP contribution is -2.45. The summed E-state index contributed by atoms with van der Waals surface area (Å²) in [5.41, 5.74) is -0.874. The molecule has 0 saturated carbocycles. The summed E-state index contributed by atoms with van der Waals surface area (Å²) in [6.45, 7) is 7.59. The van der Waals surface area contributed by atoms with E-state index in [0.29, 0.717) is 12.8 Å². The van der Waals surface area contributed by atoms with Crippen LogP contribution in [0.2, 0.25) is 0 Å². The molecule has 26 heavy (non-hydrogen) atoms. The lowest BCUT2D eigenvalue weighted by molar-refractivity contribution is -0.205. The van der Waals surface area contributed by atoms with Crippen LogP contribution in [0.4, 0.5) is 0 Å². The number of Topliss-reactive ketones (excluding diaryl/α,β-unsaturated/α-hetero) is 1. The number of carbonyl (C=O) groups is 1. The molecule has 0 bridgehead atoms. The SMILES string of the molecule is [2H]C1(OC(C)C)O[C@](CC)(c2ccccc2)C(=O)[C@]1(CC)c1ccccc1. The first-order chi connectivity index (χ1) is 12.9. The quantitative estimate of drug-likeness (QED) is 0.734. The summed E-state index contributed by atoms with van der Waals surface area (Å²) in [5, 5.41) is 0. The highest BCUT2D eigenvalue weighted by Gasteiger charge is 2.64. The molecule has 3 atom stereocenters. The lowest BCUT2D eigenvalue weighted by atomic mass is 9.69. The van der Waals surface area contributed by atoms with Crippen LogP contribution in [-0.4, -0.2) is 18.2 Å². The molecular formula is C23H28O3. The molecule has 1 aliphatic rings. The number of benzene rings is 2. The van der Waals surface area contributed by atoms with Crippen molar-refractivity contribution < 1.29 is 15.6 Å². The maximum absolute atomic E-state index is 14.1. The van der Waals surface area contributed by atoms with Crippen LogP contribution >= 0.6 is 0 Å². The Morgan fingerprint density at radius 2 is 1.54 bits per heavy atom. The Kier molecular flexibility index (Phi) is 4.92. The van der Waals surface area contributed by atoms with Gasteiger partial charge in [0.05, 0.1) is 7.47 Å². The van der Waals surface area contributed by atoms with Crippen LogP contribution in [-0.2, 0) is 25.3 Å². The first kappa shape index (κ1) is 17.4. The summed E-state index contributed by atoms with van der Waals surface area (Å²) in [7, 11) is 0. The van der Waals surface area contributed by atoms with Gasteiger partial charge in [-0.05, 0) is 37.8 Å². The van der Waals surface area contributed by atoms with Crippen molar-refractivity contribution in [2.45, 2.75) is 63.9 Å². The smallest absolute Gasteiger partial charge is 0.184 e. The van der Waals surface area contributed by atoms with Gasteiger partial charge in [0.25, 0.3) is 0 Å². The Morgan fingerprint density at radius 1 is 1.00 bits per heavy atom. The van der Waals surface area contributed by atoms with Gasteiger partial charge in [0.15, 0.2) is 17.7 Å². The number of hydrogen-bond donors (Lipinski definition) is 0. The molecule has 1 unspecified atom stereocenters. The maximum Gasteiger partial charge on any atom is 0.184 e. The lowest BCUT2D eigenvalue weighted by Gasteiger charge is -2.32. The van der Waals surface area contributed by atoms with E-state index >= 15 is 0 Å². The fraction of sp³-hybridized carbons (Fsp3) is 0.435. The average Bonchev–Trinajstić information content (AvgIpc) is 2.87. The Labute approximate surface area is 157 Å². The van der Waals surface area contributed by atoms with Crippen molar-refractivity contribution in [3.05, 3.63) is 71.8 Å². The highest BCUT2D eigenvalue weighted by atomic mass is 16.7. The van der Waals surface area contributed by atoms with Crippen LogP contribution in [0, 0.1) is 0 Å². The zero-order valence-electron chi connectivity index (χ0n) is 17.0. The molecule has 3 heteroatoms. The predicted molar refractivity (Wildman–Crippen MR) is 103 cm³/mol. The van der Waals surface area contributed by atoms with Gasteiger partial charge in [0.2, 0.25) is 0 Å². The minimum atomic E-state index is -1.81. The third kappa shape index (κ3) is 2.80. The molecule has 1 saturated heterocycles. The van der Waals surface area contributed by atoms with Gasteiger partial charge < -0.3 is 9.47 Å². The van der Waals surface area contributed by atoms with Crippen LogP contribution < -0.4 is 0 Å². The topological polar surface area (TPSA) is 35.5 Å². The van der Waals surface area contributed by atoms with Gasteiger partial charge in [0, 0.05) is 0 Å². The molecule has 2 aromatic carbocycles. The van der Waals surface area contributed by atoms with E-state index in [4.69, 9.17) is 9.47 Å². The number of carbonyl (C=O) groups excluding carboxylic acids is 1. The van der Waals surface area contributed by atoms with Crippen LogP contribution in [0.3, 0.4) is 0 Å². The van der Waals surface area contributed by atoms with Gasteiger partial charge in [-0.25, -0.2) is 0 Å². The normalized spacial score (nSPS) is 32.0. The van der Waals surface area contributed by atoms with Gasteiger partial charge in [-0.3, -0.25) is 4.79 Å². The summed E-state index contributed by atoms with van der Waals surface area (Å²) in [4.78, 5) is 14.1. The number of hydrogen-bond acceptors (Lipinski definition) is 3. The molecule has 2 aromatic rings. The van der Waals surface area contributed by atoms with Crippen molar-refractivity contribution in [3.8, 4) is 0 Å². The average molecular weight is 353 g/mol. The van der Waals surface area contributed by atoms with E-state index in [-0.39, 0.29) is 11.9 Å². The Bertz CT molecular complexity index is 792. The van der Waals surface area contributed by atoms with Gasteiger partial charge in [-0.1, -0.05) is 74.5 Å². The van der Waals surface area contributed by atoms with Gasteiger partial charge in [-0.2, -0.15) is 0 Å². The molecule has 0 N–H and O–H groups in total. The highest BCUT2D eigenvalue weighted by Crippen LogP contribution is 2.52. The van der Waals surface area contributed by atoms with Crippen LogP contribution in [0.1, 0.15) is 53.0 Å². The molecule has 3 nitrogen and oxygen atoms in total. The Hall–Kier alpha value is -1.97. The van der Waals surface area contributed by atoms with E-state index in [1.807, 2.05) is 88.4 Å². The molecule has 1 aliphatic heterocycles. The number of ketones is 1. The Balaban J connectivity index is 2.28.